The molecule has 2 aromatic heterocycles. The van der Waals surface area contributed by atoms with E-state index in [0.717, 1.165) is 11.1 Å². The lowest BCUT2D eigenvalue weighted by Gasteiger charge is -1.99. The van der Waals surface area contributed by atoms with Crippen molar-refractivity contribution in [1.82, 2.24) is 25.6 Å². The summed E-state index contributed by atoms with van der Waals surface area (Å²) < 4.78 is 23.3. The van der Waals surface area contributed by atoms with E-state index in [-0.39, 0.29) is 36.5 Å². The van der Waals surface area contributed by atoms with Gasteiger partial charge in [0.2, 0.25) is 29.3 Å². The predicted octanol–water partition coefficient (Wildman–Crippen LogP) is 3.09. The first-order valence-electron chi connectivity index (χ1n) is 8.82. The van der Waals surface area contributed by atoms with Gasteiger partial charge in [-0.1, -0.05) is 34.6 Å². The van der Waals surface area contributed by atoms with E-state index in [1.54, 1.807) is 12.1 Å². The van der Waals surface area contributed by atoms with Crippen molar-refractivity contribution in [3.05, 3.63) is 71.7 Å². The van der Waals surface area contributed by atoms with Crippen LogP contribution < -0.4 is 5.32 Å². The van der Waals surface area contributed by atoms with Crippen molar-refractivity contribution >= 4 is 5.91 Å². The molecule has 0 atom stereocenters. The zero-order valence-corrected chi connectivity index (χ0v) is 15.4. The maximum Gasteiger partial charge on any atom is 0.246 e. The van der Waals surface area contributed by atoms with Gasteiger partial charge in [-0.05, 0) is 36.8 Å². The zero-order valence-electron chi connectivity index (χ0n) is 15.4. The van der Waals surface area contributed by atoms with Crippen LogP contribution in [-0.4, -0.2) is 26.2 Å². The summed E-state index contributed by atoms with van der Waals surface area (Å²) in [7, 11) is 0. The van der Waals surface area contributed by atoms with Crippen LogP contribution in [0.4, 0.5) is 4.39 Å². The zero-order chi connectivity index (χ0) is 20.2. The SMILES string of the molecule is Cc1ccccc1-c1noc(CC(=O)NCc2nc(-c3ccc(F)cc3)no2)n1. The molecular formula is C20H16FN5O3. The molecule has 0 radical (unpaired) electrons. The lowest BCUT2D eigenvalue weighted by molar-refractivity contribution is -0.121. The average molecular weight is 393 g/mol. The Kier molecular flexibility index (Phi) is 5.10. The molecule has 146 valence electrons. The molecule has 1 amide bonds. The van der Waals surface area contributed by atoms with Crippen molar-refractivity contribution in [1.29, 1.82) is 0 Å². The molecule has 4 aromatic rings. The molecule has 2 aromatic carbocycles. The van der Waals surface area contributed by atoms with Crippen LogP contribution in [0, 0.1) is 12.7 Å². The first-order valence-corrected chi connectivity index (χ1v) is 8.82. The molecule has 8 nitrogen and oxygen atoms in total. The smallest absolute Gasteiger partial charge is 0.246 e. The van der Waals surface area contributed by atoms with Crippen molar-refractivity contribution in [2.75, 3.05) is 0 Å². The highest BCUT2D eigenvalue weighted by molar-refractivity contribution is 5.77. The lowest BCUT2D eigenvalue weighted by Crippen LogP contribution is -2.24. The minimum absolute atomic E-state index is 0.0474. The Balaban J connectivity index is 1.34. The summed E-state index contributed by atoms with van der Waals surface area (Å²) in [5.74, 6) is 0.505. The second-order valence-corrected chi connectivity index (χ2v) is 6.30. The standard InChI is InChI=1S/C20H16FN5O3/c1-12-4-2-3-5-15(12)20-23-17(28-26-20)10-16(27)22-11-18-24-19(25-29-18)13-6-8-14(21)9-7-13/h2-9H,10-11H2,1H3,(H,22,27). The number of hydrogen-bond acceptors (Lipinski definition) is 7. The number of nitrogens with zero attached hydrogens (tertiary/aromatic N) is 4. The van der Waals surface area contributed by atoms with E-state index in [4.69, 9.17) is 9.05 Å². The number of hydrogen-bond donors (Lipinski definition) is 1. The van der Waals surface area contributed by atoms with E-state index in [1.807, 2.05) is 31.2 Å². The van der Waals surface area contributed by atoms with E-state index in [1.165, 1.54) is 12.1 Å². The van der Waals surface area contributed by atoms with Gasteiger partial charge in [0.25, 0.3) is 0 Å². The minimum Gasteiger partial charge on any atom is -0.347 e. The number of aryl methyl sites for hydroxylation is 1. The molecule has 0 fully saturated rings. The molecule has 0 spiro atoms. The first kappa shape index (κ1) is 18.5. The van der Waals surface area contributed by atoms with Crippen molar-refractivity contribution in [2.45, 2.75) is 19.9 Å². The highest BCUT2D eigenvalue weighted by Crippen LogP contribution is 2.20. The molecule has 0 aliphatic heterocycles. The quantitative estimate of drug-likeness (QED) is 0.536. The molecule has 9 heteroatoms. The molecule has 2 heterocycles. The van der Waals surface area contributed by atoms with Crippen LogP contribution in [0.3, 0.4) is 0 Å². The normalized spacial score (nSPS) is 10.8. The molecule has 0 bridgehead atoms. The minimum atomic E-state index is -0.351. The number of amides is 1. The maximum absolute atomic E-state index is 13.0. The van der Waals surface area contributed by atoms with Crippen LogP contribution in [0.1, 0.15) is 17.3 Å². The van der Waals surface area contributed by atoms with Gasteiger partial charge in [-0.15, -0.1) is 0 Å². The second kappa shape index (κ2) is 8.01. The van der Waals surface area contributed by atoms with Crippen LogP contribution in [0.5, 0.6) is 0 Å². The van der Waals surface area contributed by atoms with E-state index >= 15 is 0 Å². The van der Waals surface area contributed by atoms with E-state index < -0.39 is 0 Å². The van der Waals surface area contributed by atoms with Crippen molar-refractivity contribution < 1.29 is 18.2 Å². The molecule has 29 heavy (non-hydrogen) atoms. The van der Waals surface area contributed by atoms with Gasteiger partial charge in [-0.3, -0.25) is 4.79 Å². The predicted molar refractivity (Wildman–Crippen MR) is 99.7 cm³/mol. The summed E-state index contributed by atoms with van der Waals surface area (Å²) >= 11 is 0. The number of halogens is 1. The van der Waals surface area contributed by atoms with Gasteiger partial charge in [0.05, 0.1) is 6.54 Å². The monoisotopic (exact) mass is 393 g/mol. The Bertz CT molecular complexity index is 1140. The van der Waals surface area contributed by atoms with Crippen molar-refractivity contribution in [3.8, 4) is 22.8 Å². The van der Waals surface area contributed by atoms with Crippen molar-refractivity contribution in [2.24, 2.45) is 0 Å². The Hall–Kier alpha value is -3.88. The van der Waals surface area contributed by atoms with Crippen LogP contribution in [0.25, 0.3) is 22.8 Å². The Labute approximate surface area is 164 Å². The Morgan fingerprint density at radius 1 is 0.966 bits per heavy atom. The highest BCUT2D eigenvalue weighted by atomic mass is 19.1. The number of aromatic nitrogens is 4. The number of rotatable bonds is 6. The van der Waals surface area contributed by atoms with Crippen LogP contribution in [0.2, 0.25) is 0 Å². The molecule has 0 saturated carbocycles. The topological polar surface area (TPSA) is 107 Å². The fraction of sp³-hybridized carbons (Fsp3) is 0.150. The number of carbonyl (C=O) groups is 1. The summed E-state index contributed by atoms with van der Waals surface area (Å²) in [6.45, 7) is 1.99. The van der Waals surface area contributed by atoms with Gasteiger partial charge in [0.1, 0.15) is 12.2 Å². The fourth-order valence-electron chi connectivity index (χ4n) is 2.68. The molecule has 1 N–H and O–H groups in total. The average Bonchev–Trinajstić information content (AvgIpc) is 3.37. The van der Waals surface area contributed by atoms with Crippen LogP contribution >= 0.6 is 0 Å². The van der Waals surface area contributed by atoms with Crippen molar-refractivity contribution in [3.63, 3.8) is 0 Å². The lowest BCUT2D eigenvalue weighted by atomic mass is 10.1. The second-order valence-electron chi connectivity index (χ2n) is 6.30. The molecule has 0 saturated heterocycles. The van der Waals surface area contributed by atoms with Crippen LogP contribution in [-0.2, 0) is 17.8 Å². The highest BCUT2D eigenvalue weighted by Gasteiger charge is 2.15. The summed E-state index contributed by atoms with van der Waals surface area (Å²) in [6.07, 6.45) is -0.0716. The number of carbonyl (C=O) groups excluding carboxylic acids is 1. The fourth-order valence-corrected chi connectivity index (χ4v) is 2.68. The Morgan fingerprint density at radius 3 is 2.45 bits per heavy atom. The van der Waals surface area contributed by atoms with Gasteiger partial charge in [0.15, 0.2) is 0 Å². The molecule has 0 aliphatic carbocycles. The van der Waals surface area contributed by atoms with Gasteiger partial charge in [-0.25, -0.2) is 4.39 Å². The number of nitrogens with one attached hydrogen (secondary N) is 1. The maximum atomic E-state index is 13.0. The first-order chi connectivity index (χ1) is 14.1. The molecular weight excluding hydrogens is 377 g/mol. The van der Waals surface area contributed by atoms with E-state index in [0.29, 0.717) is 17.2 Å². The van der Waals surface area contributed by atoms with Gasteiger partial charge in [-0.2, -0.15) is 9.97 Å². The third kappa shape index (κ3) is 4.34. The summed E-state index contributed by atoms with van der Waals surface area (Å²) in [5, 5.41) is 10.4. The van der Waals surface area contributed by atoms with Gasteiger partial charge < -0.3 is 14.4 Å². The third-order valence-electron chi connectivity index (χ3n) is 4.17. The summed E-state index contributed by atoms with van der Waals surface area (Å²) in [5.41, 5.74) is 2.47. The number of benzene rings is 2. The summed E-state index contributed by atoms with van der Waals surface area (Å²) in [4.78, 5) is 20.6. The molecule has 0 unspecified atom stereocenters. The van der Waals surface area contributed by atoms with Gasteiger partial charge in [0, 0.05) is 11.1 Å². The largest absolute Gasteiger partial charge is 0.347 e. The van der Waals surface area contributed by atoms with Crippen LogP contribution in [0.15, 0.2) is 57.6 Å². The Morgan fingerprint density at radius 2 is 1.66 bits per heavy atom. The van der Waals surface area contributed by atoms with E-state index in [2.05, 4.69) is 25.6 Å². The van der Waals surface area contributed by atoms with E-state index in [9.17, 15) is 9.18 Å². The molecule has 0 aliphatic rings. The summed E-state index contributed by atoms with van der Waals surface area (Å²) in [6, 6.07) is 13.3. The third-order valence-corrected chi connectivity index (χ3v) is 4.17. The molecule has 4 rings (SSSR count). The van der Waals surface area contributed by atoms with Gasteiger partial charge >= 0.3 is 0 Å².